The summed E-state index contributed by atoms with van der Waals surface area (Å²) in [4.78, 5) is 22.6. The molecule has 16 heavy (non-hydrogen) atoms. The molecule has 2 atom stereocenters. The number of rotatable bonds is 5. The fraction of sp³-hybridized carbons (Fsp3) is 0.818. The lowest BCUT2D eigenvalue weighted by molar-refractivity contribution is -0.146. The van der Waals surface area contributed by atoms with Crippen molar-refractivity contribution in [3.05, 3.63) is 0 Å². The van der Waals surface area contributed by atoms with Crippen LogP contribution in [0.4, 0.5) is 0 Å². The van der Waals surface area contributed by atoms with Crippen LogP contribution < -0.4 is 5.32 Å². The van der Waals surface area contributed by atoms with Crippen molar-refractivity contribution in [3.8, 4) is 0 Å². The van der Waals surface area contributed by atoms with Crippen LogP contribution in [0, 0.1) is 0 Å². The molecule has 1 N–H and O–H groups in total. The minimum Gasteiger partial charge on any atom is -0.466 e. The molecule has 1 fully saturated rings. The maximum absolute atomic E-state index is 11.4. The predicted octanol–water partition coefficient (Wildman–Crippen LogP) is 0.623. The molecule has 0 saturated carbocycles. The molecule has 1 rings (SSSR count). The molecule has 2 unspecified atom stereocenters. The molecule has 1 aliphatic rings. The zero-order valence-electron chi connectivity index (χ0n) is 9.82. The Hall–Kier alpha value is -1.10. The maximum Gasteiger partial charge on any atom is 0.323 e. The Balaban J connectivity index is 2.29. The predicted molar refractivity (Wildman–Crippen MR) is 57.8 cm³/mol. The van der Waals surface area contributed by atoms with E-state index in [9.17, 15) is 9.59 Å². The molecule has 0 aromatic carbocycles. The minimum absolute atomic E-state index is 0.0356. The first kappa shape index (κ1) is 13.0. The summed E-state index contributed by atoms with van der Waals surface area (Å²) in [5, 5.41) is 3.09. The Morgan fingerprint density at radius 1 is 1.19 bits per heavy atom. The van der Waals surface area contributed by atoms with E-state index in [1.165, 1.54) is 0 Å². The Kier molecular flexibility index (Phi) is 5.25. The highest BCUT2D eigenvalue weighted by Gasteiger charge is 2.31. The second kappa shape index (κ2) is 6.48. The third-order valence-electron chi connectivity index (χ3n) is 2.53. The number of hydrogen-bond acceptors (Lipinski definition) is 5. The Morgan fingerprint density at radius 2 is 1.88 bits per heavy atom. The van der Waals surface area contributed by atoms with Gasteiger partial charge in [0.25, 0.3) is 0 Å². The summed E-state index contributed by atoms with van der Waals surface area (Å²) in [6.45, 7) is 4.34. The highest BCUT2D eigenvalue weighted by atomic mass is 16.5. The van der Waals surface area contributed by atoms with Crippen LogP contribution >= 0.6 is 0 Å². The van der Waals surface area contributed by atoms with Crippen LogP contribution in [-0.2, 0) is 19.1 Å². The Morgan fingerprint density at radius 3 is 2.50 bits per heavy atom. The van der Waals surface area contributed by atoms with Crippen LogP contribution in [0.25, 0.3) is 0 Å². The van der Waals surface area contributed by atoms with E-state index in [-0.39, 0.29) is 24.0 Å². The van der Waals surface area contributed by atoms with E-state index in [1.807, 2.05) is 0 Å². The van der Waals surface area contributed by atoms with Gasteiger partial charge in [-0.15, -0.1) is 0 Å². The number of esters is 2. The first-order valence-electron chi connectivity index (χ1n) is 5.75. The highest BCUT2D eigenvalue weighted by molar-refractivity contribution is 5.76. The molecule has 0 amide bonds. The van der Waals surface area contributed by atoms with E-state index in [2.05, 4.69) is 5.32 Å². The molecule has 0 aromatic heterocycles. The minimum atomic E-state index is -0.264. The molecule has 0 aromatic rings. The van der Waals surface area contributed by atoms with Gasteiger partial charge in [-0.2, -0.15) is 0 Å². The van der Waals surface area contributed by atoms with Crippen LogP contribution in [0.2, 0.25) is 0 Å². The van der Waals surface area contributed by atoms with Crippen molar-refractivity contribution in [2.75, 3.05) is 13.2 Å². The molecule has 0 spiro atoms. The van der Waals surface area contributed by atoms with Crippen LogP contribution in [0.1, 0.15) is 33.1 Å². The fourth-order valence-corrected chi connectivity index (χ4v) is 1.83. The zero-order chi connectivity index (χ0) is 12.0. The first-order chi connectivity index (χ1) is 7.67. The zero-order valence-corrected chi connectivity index (χ0v) is 9.82. The van der Waals surface area contributed by atoms with E-state index in [1.54, 1.807) is 13.8 Å². The van der Waals surface area contributed by atoms with E-state index >= 15 is 0 Å². The molecule has 1 saturated heterocycles. The summed E-state index contributed by atoms with van der Waals surface area (Å²) in [7, 11) is 0. The van der Waals surface area contributed by atoms with Crippen LogP contribution in [0.15, 0.2) is 0 Å². The van der Waals surface area contributed by atoms with Crippen molar-refractivity contribution in [1.82, 2.24) is 5.32 Å². The summed E-state index contributed by atoms with van der Waals surface area (Å²) in [5.74, 6) is -0.446. The SMILES string of the molecule is CCOC(=O)CC1CCC(C(=O)OCC)N1. The van der Waals surface area contributed by atoms with Crippen molar-refractivity contribution in [1.29, 1.82) is 0 Å². The molecule has 92 valence electrons. The normalized spacial score (nSPS) is 24.1. The van der Waals surface area contributed by atoms with E-state index in [0.717, 1.165) is 12.8 Å². The number of carbonyl (C=O) groups is 2. The maximum atomic E-state index is 11.4. The standard InChI is InChI=1S/C11H19NO4/c1-3-15-10(13)7-8-5-6-9(12-8)11(14)16-4-2/h8-9,12H,3-7H2,1-2H3. The van der Waals surface area contributed by atoms with Gasteiger partial charge in [0.05, 0.1) is 19.6 Å². The van der Waals surface area contributed by atoms with Gasteiger partial charge in [-0.05, 0) is 26.7 Å². The number of hydrogen-bond donors (Lipinski definition) is 1. The van der Waals surface area contributed by atoms with Crippen LogP contribution in [0.3, 0.4) is 0 Å². The van der Waals surface area contributed by atoms with E-state index in [4.69, 9.17) is 9.47 Å². The van der Waals surface area contributed by atoms with Gasteiger partial charge in [-0.1, -0.05) is 0 Å². The van der Waals surface area contributed by atoms with Gasteiger partial charge >= 0.3 is 11.9 Å². The van der Waals surface area contributed by atoms with Gasteiger partial charge in [-0.25, -0.2) is 0 Å². The van der Waals surface area contributed by atoms with Gasteiger partial charge in [-0.3, -0.25) is 9.59 Å². The van der Waals surface area contributed by atoms with Crippen LogP contribution in [-0.4, -0.2) is 37.2 Å². The van der Waals surface area contributed by atoms with Crippen molar-refractivity contribution >= 4 is 11.9 Å². The average molecular weight is 229 g/mol. The quantitative estimate of drug-likeness (QED) is 0.700. The third kappa shape index (κ3) is 3.81. The average Bonchev–Trinajstić information content (AvgIpc) is 2.67. The lowest BCUT2D eigenvalue weighted by Gasteiger charge is -2.12. The van der Waals surface area contributed by atoms with Gasteiger partial charge in [0.15, 0.2) is 0 Å². The summed E-state index contributed by atoms with van der Waals surface area (Å²) in [6, 6.07) is -0.229. The second-order valence-electron chi connectivity index (χ2n) is 3.75. The monoisotopic (exact) mass is 229 g/mol. The molecule has 5 nitrogen and oxygen atoms in total. The molecule has 0 radical (unpaired) electrons. The summed E-state index contributed by atoms with van der Waals surface area (Å²) in [5.41, 5.74) is 0. The lowest BCUT2D eigenvalue weighted by Crippen LogP contribution is -2.37. The van der Waals surface area contributed by atoms with Crippen molar-refractivity contribution < 1.29 is 19.1 Å². The van der Waals surface area contributed by atoms with Crippen molar-refractivity contribution in [2.45, 2.75) is 45.2 Å². The Labute approximate surface area is 95.5 Å². The molecular weight excluding hydrogens is 210 g/mol. The fourth-order valence-electron chi connectivity index (χ4n) is 1.83. The number of nitrogens with one attached hydrogen (secondary N) is 1. The highest BCUT2D eigenvalue weighted by Crippen LogP contribution is 2.16. The van der Waals surface area contributed by atoms with E-state index in [0.29, 0.717) is 19.6 Å². The van der Waals surface area contributed by atoms with Crippen LogP contribution in [0.5, 0.6) is 0 Å². The molecule has 1 heterocycles. The third-order valence-corrected chi connectivity index (χ3v) is 2.53. The van der Waals surface area contributed by atoms with E-state index < -0.39 is 0 Å². The summed E-state index contributed by atoms with van der Waals surface area (Å²) in [6.07, 6.45) is 1.86. The molecule has 5 heteroatoms. The first-order valence-corrected chi connectivity index (χ1v) is 5.75. The molecule has 0 aliphatic carbocycles. The smallest absolute Gasteiger partial charge is 0.323 e. The van der Waals surface area contributed by atoms with Gasteiger partial charge in [0.2, 0.25) is 0 Å². The topological polar surface area (TPSA) is 64.6 Å². The lowest BCUT2D eigenvalue weighted by atomic mass is 10.1. The largest absolute Gasteiger partial charge is 0.466 e. The molecule has 1 aliphatic heterocycles. The number of carbonyl (C=O) groups excluding carboxylic acids is 2. The Bertz CT molecular complexity index is 254. The second-order valence-corrected chi connectivity index (χ2v) is 3.75. The molecular formula is C11H19NO4. The molecule has 0 bridgehead atoms. The number of ether oxygens (including phenoxy) is 2. The van der Waals surface area contributed by atoms with Crippen molar-refractivity contribution in [2.24, 2.45) is 0 Å². The summed E-state index contributed by atoms with van der Waals surface area (Å²) < 4.78 is 9.76. The summed E-state index contributed by atoms with van der Waals surface area (Å²) >= 11 is 0. The van der Waals surface area contributed by atoms with Crippen molar-refractivity contribution in [3.63, 3.8) is 0 Å². The van der Waals surface area contributed by atoms with Gasteiger partial charge in [0.1, 0.15) is 6.04 Å². The van der Waals surface area contributed by atoms with Gasteiger partial charge in [0, 0.05) is 6.04 Å². The van der Waals surface area contributed by atoms with Gasteiger partial charge < -0.3 is 14.8 Å².